The van der Waals surface area contributed by atoms with Crippen molar-refractivity contribution in [3.63, 3.8) is 0 Å². The average molecular weight is 358 g/mol. The fourth-order valence-electron chi connectivity index (χ4n) is 2.34. The molecule has 0 aliphatic carbocycles. The Morgan fingerprint density at radius 3 is 2.41 bits per heavy atom. The van der Waals surface area contributed by atoms with Crippen molar-refractivity contribution in [1.29, 1.82) is 0 Å². The number of imide groups is 1. The third-order valence-corrected chi connectivity index (χ3v) is 3.95. The molecular formula is C17H12BrNO3. The Hall–Kier alpha value is -2.40. The molecule has 0 aromatic heterocycles. The minimum absolute atomic E-state index is 0.0310. The van der Waals surface area contributed by atoms with Gasteiger partial charge < -0.3 is 5.11 Å². The Labute approximate surface area is 135 Å². The Morgan fingerprint density at radius 2 is 1.73 bits per heavy atom. The fourth-order valence-corrected chi connectivity index (χ4v) is 2.60. The van der Waals surface area contributed by atoms with Crippen LogP contribution in [0.2, 0.25) is 0 Å². The van der Waals surface area contributed by atoms with Crippen LogP contribution < -0.4 is 4.90 Å². The summed E-state index contributed by atoms with van der Waals surface area (Å²) in [6.45, 7) is 0. The van der Waals surface area contributed by atoms with Gasteiger partial charge in [0.15, 0.2) is 0 Å². The van der Waals surface area contributed by atoms with Crippen LogP contribution in [0.3, 0.4) is 0 Å². The van der Waals surface area contributed by atoms with Gasteiger partial charge in [0.2, 0.25) is 5.91 Å². The normalized spacial score (nSPS) is 16.6. The van der Waals surface area contributed by atoms with E-state index in [4.69, 9.17) is 0 Å². The maximum Gasteiger partial charge on any atom is 0.261 e. The number of aromatic hydroxyl groups is 1. The standard InChI is InChI=1S/C17H12BrNO3/c18-13-5-7-14(8-6-13)19-16(21)10-12(17(19)22)9-11-3-1-2-4-15(11)20/h1-9,20H,10H2. The molecule has 0 radical (unpaired) electrons. The summed E-state index contributed by atoms with van der Waals surface area (Å²) < 4.78 is 0.875. The summed E-state index contributed by atoms with van der Waals surface area (Å²) in [5, 5.41) is 9.78. The van der Waals surface area contributed by atoms with E-state index in [0.29, 0.717) is 16.8 Å². The number of carbonyl (C=O) groups is 2. The Balaban J connectivity index is 1.95. The SMILES string of the molecule is O=C1CC(=Cc2ccccc2O)C(=O)N1c1ccc(Br)cc1. The lowest BCUT2D eigenvalue weighted by Crippen LogP contribution is -2.28. The van der Waals surface area contributed by atoms with Gasteiger partial charge in [-0.25, -0.2) is 4.90 Å². The van der Waals surface area contributed by atoms with Gasteiger partial charge in [-0.05, 0) is 36.4 Å². The van der Waals surface area contributed by atoms with Crippen molar-refractivity contribution in [3.05, 3.63) is 64.1 Å². The van der Waals surface area contributed by atoms with E-state index >= 15 is 0 Å². The highest BCUT2D eigenvalue weighted by atomic mass is 79.9. The lowest BCUT2D eigenvalue weighted by Gasteiger charge is -2.13. The molecule has 1 saturated heterocycles. The second kappa shape index (κ2) is 5.77. The van der Waals surface area contributed by atoms with Crippen molar-refractivity contribution in [1.82, 2.24) is 0 Å². The summed E-state index contributed by atoms with van der Waals surface area (Å²) in [7, 11) is 0. The lowest BCUT2D eigenvalue weighted by molar-refractivity contribution is -0.120. The molecule has 4 nitrogen and oxygen atoms in total. The number of nitrogens with zero attached hydrogens (tertiary/aromatic N) is 1. The van der Waals surface area contributed by atoms with Crippen LogP contribution in [0, 0.1) is 0 Å². The van der Waals surface area contributed by atoms with E-state index in [1.54, 1.807) is 54.6 Å². The van der Waals surface area contributed by atoms with Crippen molar-refractivity contribution in [2.45, 2.75) is 6.42 Å². The van der Waals surface area contributed by atoms with E-state index in [2.05, 4.69) is 15.9 Å². The first kappa shape index (κ1) is 14.5. The molecule has 22 heavy (non-hydrogen) atoms. The van der Waals surface area contributed by atoms with Gasteiger partial charge in [-0.15, -0.1) is 0 Å². The summed E-state index contributed by atoms with van der Waals surface area (Å²) in [5.74, 6) is -0.540. The van der Waals surface area contributed by atoms with E-state index in [-0.39, 0.29) is 24.0 Å². The topological polar surface area (TPSA) is 57.6 Å². The smallest absolute Gasteiger partial charge is 0.261 e. The zero-order chi connectivity index (χ0) is 15.7. The van der Waals surface area contributed by atoms with E-state index in [9.17, 15) is 14.7 Å². The minimum atomic E-state index is -0.351. The Morgan fingerprint density at radius 1 is 1.05 bits per heavy atom. The molecule has 0 spiro atoms. The summed E-state index contributed by atoms with van der Waals surface area (Å²) in [6.07, 6.45) is 1.59. The van der Waals surface area contributed by atoms with Crippen molar-refractivity contribution >= 4 is 39.5 Å². The van der Waals surface area contributed by atoms with E-state index < -0.39 is 0 Å². The van der Waals surface area contributed by atoms with Gasteiger partial charge in [0.1, 0.15) is 5.75 Å². The summed E-state index contributed by atoms with van der Waals surface area (Å²) in [4.78, 5) is 25.8. The quantitative estimate of drug-likeness (QED) is 0.660. The molecule has 0 atom stereocenters. The molecule has 1 aliphatic heterocycles. The van der Waals surface area contributed by atoms with Crippen LogP contribution >= 0.6 is 15.9 Å². The average Bonchev–Trinajstić information content (AvgIpc) is 2.77. The largest absolute Gasteiger partial charge is 0.507 e. The third-order valence-electron chi connectivity index (χ3n) is 3.42. The Kier molecular flexibility index (Phi) is 3.81. The van der Waals surface area contributed by atoms with Gasteiger partial charge in [-0.1, -0.05) is 34.1 Å². The number of halogens is 1. The first-order valence-electron chi connectivity index (χ1n) is 6.67. The molecule has 2 aromatic rings. The monoisotopic (exact) mass is 357 g/mol. The predicted octanol–water partition coefficient (Wildman–Crippen LogP) is 3.50. The van der Waals surface area contributed by atoms with Crippen LogP contribution in [0.5, 0.6) is 5.75 Å². The number of hydrogen-bond acceptors (Lipinski definition) is 3. The molecule has 0 saturated carbocycles. The molecule has 5 heteroatoms. The van der Waals surface area contributed by atoms with Crippen LogP contribution in [0.1, 0.15) is 12.0 Å². The van der Waals surface area contributed by atoms with Gasteiger partial charge in [0, 0.05) is 15.6 Å². The molecule has 2 amide bonds. The molecule has 3 rings (SSSR count). The lowest BCUT2D eigenvalue weighted by atomic mass is 10.1. The van der Waals surface area contributed by atoms with Gasteiger partial charge in [0.05, 0.1) is 12.1 Å². The molecule has 0 bridgehead atoms. The Bertz CT molecular complexity index is 781. The van der Waals surface area contributed by atoms with E-state index in [1.807, 2.05) is 0 Å². The maximum absolute atomic E-state index is 12.5. The van der Waals surface area contributed by atoms with Crippen molar-refractivity contribution in [2.75, 3.05) is 4.90 Å². The molecule has 2 aromatic carbocycles. The summed E-state index contributed by atoms with van der Waals surface area (Å²) in [6, 6.07) is 13.7. The van der Waals surface area contributed by atoms with Gasteiger partial charge in [-0.2, -0.15) is 0 Å². The van der Waals surface area contributed by atoms with Crippen molar-refractivity contribution in [2.24, 2.45) is 0 Å². The van der Waals surface area contributed by atoms with Crippen LogP contribution in [-0.2, 0) is 9.59 Å². The maximum atomic E-state index is 12.5. The van der Waals surface area contributed by atoms with Crippen LogP contribution in [0.4, 0.5) is 5.69 Å². The zero-order valence-electron chi connectivity index (χ0n) is 11.5. The second-order valence-electron chi connectivity index (χ2n) is 4.92. The van der Waals surface area contributed by atoms with E-state index in [1.165, 1.54) is 0 Å². The highest BCUT2D eigenvalue weighted by Crippen LogP contribution is 2.29. The number of amides is 2. The molecular weight excluding hydrogens is 346 g/mol. The zero-order valence-corrected chi connectivity index (χ0v) is 13.1. The number of anilines is 1. The number of phenolic OH excluding ortho intramolecular Hbond substituents is 1. The summed E-state index contributed by atoms with van der Waals surface area (Å²) in [5.41, 5.74) is 1.43. The molecule has 1 N–H and O–H groups in total. The molecule has 0 unspecified atom stereocenters. The highest BCUT2D eigenvalue weighted by Gasteiger charge is 2.34. The van der Waals surface area contributed by atoms with Crippen molar-refractivity contribution < 1.29 is 14.7 Å². The number of hydrogen-bond donors (Lipinski definition) is 1. The number of carbonyl (C=O) groups excluding carboxylic acids is 2. The third kappa shape index (κ3) is 2.67. The van der Waals surface area contributed by atoms with Crippen LogP contribution in [-0.4, -0.2) is 16.9 Å². The number of rotatable bonds is 2. The van der Waals surface area contributed by atoms with Crippen molar-refractivity contribution in [3.8, 4) is 5.75 Å². The van der Waals surface area contributed by atoms with Gasteiger partial charge in [0.25, 0.3) is 5.91 Å². The number of phenols is 1. The number of benzene rings is 2. The minimum Gasteiger partial charge on any atom is -0.507 e. The first-order chi connectivity index (χ1) is 10.6. The van der Waals surface area contributed by atoms with Gasteiger partial charge in [-0.3, -0.25) is 9.59 Å². The first-order valence-corrected chi connectivity index (χ1v) is 7.47. The second-order valence-corrected chi connectivity index (χ2v) is 5.83. The number of para-hydroxylation sites is 1. The van der Waals surface area contributed by atoms with Gasteiger partial charge >= 0.3 is 0 Å². The van der Waals surface area contributed by atoms with Crippen LogP contribution in [0.15, 0.2) is 58.6 Å². The predicted molar refractivity (Wildman–Crippen MR) is 87.3 cm³/mol. The molecule has 110 valence electrons. The molecule has 1 aliphatic rings. The van der Waals surface area contributed by atoms with E-state index in [0.717, 1.165) is 9.37 Å². The summed E-state index contributed by atoms with van der Waals surface area (Å²) >= 11 is 3.32. The van der Waals surface area contributed by atoms with Crippen LogP contribution in [0.25, 0.3) is 6.08 Å². The molecule has 1 fully saturated rings. The molecule has 1 heterocycles. The highest BCUT2D eigenvalue weighted by molar-refractivity contribution is 9.10. The fraction of sp³-hybridized carbons (Fsp3) is 0.0588.